The van der Waals surface area contributed by atoms with E-state index in [0.29, 0.717) is 0 Å². The normalized spacial score (nSPS) is 14.2. The molecule has 0 aromatic heterocycles. The Kier molecular flexibility index (Phi) is 7.18. The zero-order chi connectivity index (χ0) is 34.8. The molecule has 0 heterocycles. The molecule has 52 heavy (non-hydrogen) atoms. The molecule has 2 aliphatic carbocycles. The van der Waals surface area contributed by atoms with Crippen molar-refractivity contribution in [1.82, 2.24) is 0 Å². The van der Waals surface area contributed by atoms with E-state index in [0.717, 1.165) is 11.4 Å². The third-order valence-electron chi connectivity index (χ3n) is 11.8. The van der Waals surface area contributed by atoms with Gasteiger partial charge in [0.15, 0.2) is 0 Å². The van der Waals surface area contributed by atoms with Crippen molar-refractivity contribution in [1.29, 1.82) is 0 Å². The number of aryl methyl sites for hydroxylation is 1. The maximum atomic E-state index is 2.43. The highest BCUT2D eigenvalue weighted by Gasteiger charge is 2.36. The number of hydrogen-bond acceptors (Lipinski definition) is 1. The molecule has 250 valence electrons. The van der Waals surface area contributed by atoms with E-state index in [1.165, 1.54) is 103 Å². The van der Waals surface area contributed by atoms with Gasteiger partial charge in [0.25, 0.3) is 0 Å². The van der Waals surface area contributed by atoms with Gasteiger partial charge < -0.3 is 4.90 Å². The van der Waals surface area contributed by atoms with Gasteiger partial charge in [-0.3, -0.25) is 0 Å². The second-order valence-corrected chi connectivity index (χ2v) is 15.2. The molecule has 1 heteroatoms. The Hall–Kier alpha value is -5.92. The van der Waals surface area contributed by atoms with Crippen LogP contribution in [0.5, 0.6) is 0 Å². The van der Waals surface area contributed by atoms with Crippen molar-refractivity contribution in [2.24, 2.45) is 0 Å². The van der Waals surface area contributed by atoms with E-state index in [9.17, 15) is 0 Å². The minimum atomic E-state index is -0.116. The lowest BCUT2D eigenvalue weighted by Gasteiger charge is -2.28. The Morgan fingerprint density at radius 3 is 1.75 bits per heavy atom. The summed E-state index contributed by atoms with van der Waals surface area (Å²) in [4.78, 5) is 2.42. The van der Waals surface area contributed by atoms with Crippen LogP contribution in [0.4, 0.5) is 17.1 Å². The smallest absolute Gasteiger partial charge is 0.0468 e. The minimum absolute atomic E-state index is 0.116. The monoisotopic (exact) mass is 667 g/mol. The molecule has 10 rings (SSSR count). The topological polar surface area (TPSA) is 3.24 Å². The molecular formula is C51H41N. The first kappa shape index (κ1) is 30.9. The molecule has 0 aliphatic heterocycles. The molecule has 0 amide bonds. The molecule has 8 aromatic rings. The van der Waals surface area contributed by atoms with E-state index >= 15 is 0 Å². The van der Waals surface area contributed by atoms with Gasteiger partial charge in [-0.15, -0.1) is 0 Å². The molecule has 0 unspecified atom stereocenters. The van der Waals surface area contributed by atoms with Crippen LogP contribution < -0.4 is 4.90 Å². The number of rotatable bonds is 5. The van der Waals surface area contributed by atoms with E-state index in [1.807, 2.05) is 0 Å². The Balaban J connectivity index is 1.04. The largest absolute Gasteiger partial charge is 0.310 e. The van der Waals surface area contributed by atoms with Crippen LogP contribution in [-0.4, -0.2) is 0 Å². The number of hydrogen-bond donors (Lipinski definition) is 0. The highest BCUT2D eigenvalue weighted by atomic mass is 15.1. The molecule has 8 aromatic carbocycles. The van der Waals surface area contributed by atoms with Crippen molar-refractivity contribution < 1.29 is 0 Å². The van der Waals surface area contributed by atoms with Crippen LogP contribution in [0.3, 0.4) is 0 Å². The molecular weight excluding hydrogens is 627 g/mol. The van der Waals surface area contributed by atoms with E-state index in [2.05, 4.69) is 183 Å². The summed E-state index contributed by atoms with van der Waals surface area (Å²) in [6, 6.07) is 61.3. The maximum absolute atomic E-state index is 2.43. The van der Waals surface area contributed by atoms with Crippen LogP contribution in [0.15, 0.2) is 164 Å². The van der Waals surface area contributed by atoms with Gasteiger partial charge in [0.1, 0.15) is 0 Å². The van der Waals surface area contributed by atoms with Crippen molar-refractivity contribution in [3.63, 3.8) is 0 Å². The SMILES string of the molecule is CC1(C)c2cc(N(c3ccc(-c4ccc(-c5cccc6c5CCCC6)cc4)cc3)c3ccc4ccccc4c3)ccc2-c2cc3ccccc3cc21. The van der Waals surface area contributed by atoms with E-state index < -0.39 is 0 Å². The second kappa shape index (κ2) is 12.1. The van der Waals surface area contributed by atoms with Crippen molar-refractivity contribution >= 4 is 38.6 Å². The first-order valence-electron chi connectivity index (χ1n) is 18.8. The van der Waals surface area contributed by atoms with Gasteiger partial charge in [-0.2, -0.15) is 0 Å². The van der Waals surface area contributed by atoms with Crippen LogP contribution in [-0.2, 0) is 18.3 Å². The predicted octanol–water partition coefficient (Wildman–Crippen LogP) is 14.0. The third kappa shape index (κ3) is 5.07. The Morgan fingerprint density at radius 2 is 0.981 bits per heavy atom. The van der Waals surface area contributed by atoms with E-state index in [4.69, 9.17) is 0 Å². The van der Waals surface area contributed by atoms with Gasteiger partial charge in [0.05, 0.1) is 0 Å². The molecule has 0 atom stereocenters. The molecule has 0 N–H and O–H groups in total. The Labute approximate surface area is 306 Å². The summed E-state index contributed by atoms with van der Waals surface area (Å²) in [5.74, 6) is 0. The summed E-state index contributed by atoms with van der Waals surface area (Å²) in [6.45, 7) is 4.76. The number of nitrogens with zero attached hydrogens (tertiary/aromatic N) is 1. The fourth-order valence-electron chi connectivity index (χ4n) is 9.01. The molecule has 0 saturated heterocycles. The van der Waals surface area contributed by atoms with Gasteiger partial charge in [-0.25, -0.2) is 0 Å². The molecule has 0 fully saturated rings. The van der Waals surface area contributed by atoms with Gasteiger partial charge in [0, 0.05) is 22.5 Å². The minimum Gasteiger partial charge on any atom is -0.310 e. The highest BCUT2D eigenvalue weighted by molar-refractivity contribution is 5.95. The van der Waals surface area contributed by atoms with Crippen LogP contribution in [0, 0.1) is 0 Å². The van der Waals surface area contributed by atoms with Crippen molar-refractivity contribution in [3.05, 3.63) is 186 Å². The van der Waals surface area contributed by atoms with Crippen molar-refractivity contribution in [2.45, 2.75) is 44.9 Å². The fourth-order valence-corrected chi connectivity index (χ4v) is 9.01. The molecule has 2 aliphatic rings. The number of anilines is 3. The summed E-state index contributed by atoms with van der Waals surface area (Å²) in [5, 5.41) is 5.08. The van der Waals surface area contributed by atoms with E-state index in [1.54, 1.807) is 5.56 Å². The molecule has 0 bridgehead atoms. The maximum Gasteiger partial charge on any atom is 0.0468 e. The van der Waals surface area contributed by atoms with Crippen LogP contribution in [0.2, 0.25) is 0 Å². The summed E-state index contributed by atoms with van der Waals surface area (Å²) < 4.78 is 0. The number of benzene rings is 8. The predicted molar refractivity (Wildman–Crippen MR) is 221 cm³/mol. The first-order valence-corrected chi connectivity index (χ1v) is 18.8. The second-order valence-electron chi connectivity index (χ2n) is 15.2. The van der Waals surface area contributed by atoms with Gasteiger partial charge in [-0.1, -0.05) is 129 Å². The van der Waals surface area contributed by atoms with Crippen LogP contribution in [0.1, 0.15) is 48.9 Å². The molecule has 0 saturated carbocycles. The first-order chi connectivity index (χ1) is 25.5. The molecule has 0 spiro atoms. The lowest BCUT2D eigenvalue weighted by atomic mass is 9.81. The zero-order valence-corrected chi connectivity index (χ0v) is 29.9. The lowest BCUT2D eigenvalue weighted by molar-refractivity contribution is 0.661. The average Bonchev–Trinajstić information content (AvgIpc) is 3.41. The van der Waals surface area contributed by atoms with Gasteiger partial charge in [0.2, 0.25) is 0 Å². The molecule has 0 radical (unpaired) electrons. The lowest BCUT2D eigenvalue weighted by Crippen LogP contribution is -2.16. The Bertz CT molecular complexity index is 2640. The quantitative estimate of drug-likeness (QED) is 0.177. The van der Waals surface area contributed by atoms with Crippen LogP contribution in [0.25, 0.3) is 54.9 Å². The Morgan fingerprint density at radius 1 is 0.404 bits per heavy atom. The van der Waals surface area contributed by atoms with Gasteiger partial charge in [-0.05, 0) is 151 Å². The van der Waals surface area contributed by atoms with E-state index in [-0.39, 0.29) is 5.41 Å². The van der Waals surface area contributed by atoms with Crippen molar-refractivity contribution in [3.8, 4) is 33.4 Å². The van der Waals surface area contributed by atoms with Crippen LogP contribution >= 0.6 is 0 Å². The summed E-state index contributed by atoms with van der Waals surface area (Å²) in [7, 11) is 0. The summed E-state index contributed by atoms with van der Waals surface area (Å²) in [5.41, 5.74) is 17.1. The highest BCUT2D eigenvalue weighted by Crippen LogP contribution is 2.52. The summed E-state index contributed by atoms with van der Waals surface area (Å²) in [6.07, 6.45) is 4.99. The summed E-state index contributed by atoms with van der Waals surface area (Å²) >= 11 is 0. The number of fused-ring (bicyclic) bond motifs is 6. The zero-order valence-electron chi connectivity index (χ0n) is 29.9. The third-order valence-corrected chi connectivity index (χ3v) is 11.8. The average molecular weight is 668 g/mol. The molecule has 1 nitrogen and oxygen atoms in total. The van der Waals surface area contributed by atoms with Gasteiger partial charge >= 0.3 is 0 Å². The fraction of sp³-hybridized carbons (Fsp3) is 0.137. The standard InChI is InChI=1S/C51H41N/c1-51(2)49-32-41-14-6-5-13-40(41)31-48(49)47-29-28-44(33-50(47)51)52(43-27-24-34-10-3-4-12-39(34)30-43)42-25-22-36(23-26-42)35-18-20-38(21-19-35)46-17-9-15-37-11-7-8-16-45(37)46/h3-6,9-10,12-15,17-33H,7-8,11,16H2,1-2H3. The van der Waals surface area contributed by atoms with Crippen molar-refractivity contribution in [2.75, 3.05) is 4.90 Å².